The summed E-state index contributed by atoms with van der Waals surface area (Å²) < 4.78 is 2.48. The van der Waals surface area contributed by atoms with Crippen molar-refractivity contribution in [1.82, 2.24) is 4.57 Å². The molecule has 1 nitrogen and oxygen atoms in total. The lowest BCUT2D eigenvalue weighted by Crippen LogP contribution is -1.99. The fourth-order valence-corrected chi connectivity index (χ4v) is 10.9. The zero-order valence-electron chi connectivity index (χ0n) is 27.5. The molecular weight excluding hydrogens is 579 g/mol. The molecule has 0 radical (unpaired) electrons. The van der Waals surface area contributed by atoms with Crippen LogP contribution in [-0.4, -0.2) is 4.57 Å². The summed E-state index contributed by atoms with van der Waals surface area (Å²) in [6, 6.07) is 33.8. The molecule has 0 saturated carbocycles. The summed E-state index contributed by atoms with van der Waals surface area (Å²) >= 11 is 0. The first kappa shape index (κ1) is 24.5. The van der Waals surface area contributed by atoms with Crippen LogP contribution >= 0.6 is 0 Å². The van der Waals surface area contributed by atoms with Crippen molar-refractivity contribution in [3.05, 3.63) is 107 Å². The SMILES string of the molecule is Cc1cc2c3cc(C)cc4c5cc(C)cc6c7cccc8c7c7c(c56)c(c34)c3c2c(c1)c1cc(C)cc2c4cccc(c4c7c3c12)n8C. The van der Waals surface area contributed by atoms with E-state index in [0.717, 1.165) is 0 Å². The number of nitrogens with zero attached hydrogens (tertiary/aromatic N) is 1. The molecule has 48 heavy (non-hydrogen) atoms. The maximum absolute atomic E-state index is 2.48. The molecule has 0 aliphatic rings. The van der Waals surface area contributed by atoms with Crippen molar-refractivity contribution in [2.45, 2.75) is 27.7 Å². The minimum absolute atomic E-state index is 1.29. The van der Waals surface area contributed by atoms with E-state index in [-0.39, 0.29) is 0 Å². The van der Waals surface area contributed by atoms with Crippen LogP contribution < -0.4 is 0 Å². The normalized spacial score (nSPS) is 13.5. The first-order chi connectivity index (χ1) is 23.4. The summed E-state index contributed by atoms with van der Waals surface area (Å²) in [7, 11) is 2.29. The second-order valence-electron chi connectivity index (χ2n) is 15.1. The molecule has 0 aliphatic carbocycles. The Kier molecular flexibility index (Phi) is 3.78. The molecule has 12 aromatic carbocycles. The van der Waals surface area contributed by atoms with Gasteiger partial charge in [-0.25, -0.2) is 0 Å². The lowest BCUT2D eigenvalue weighted by molar-refractivity contribution is 1.01. The second kappa shape index (κ2) is 7.40. The number of benzene rings is 12. The number of fused-ring (bicyclic) bond motifs is 5. The van der Waals surface area contributed by atoms with Gasteiger partial charge in [-0.15, -0.1) is 0 Å². The molecule has 222 valence electrons. The summed E-state index contributed by atoms with van der Waals surface area (Å²) in [4.78, 5) is 0. The van der Waals surface area contributed by atoms with Crippen molar-refractivity contribution in [1.29, 1.82) is 0 Å². The van der Waals surface area contributed by atoms with Crippen LogP contribution in [0, 0.1) is 27.7 Å². The van der Waals surface area contributed by atoms with E-state index in [1.54, 1.807) is 0 Å². The van der Waals surface area contributed by atoms with Crippen molar-refractivity contribution >= 4 is 130 Å². The first-order valence-corrected chi connectivity index (χ1v) is 17.3. The molecule has 0 unspecified atom stereocenters. The smallest absolute Gasteiger partial charge is 0.0494 e. The summed E-state index contributed by atoms with van der Waals surface area (Å²) in [6.07, 6.45) is 0. The molecule has 1 aromatic heterocycles. The fraction of sp³-hybridized carbons (Fsp3) is 0.106. The Bertz CT molecular complexity index is 3350. The number of aryl methyl sites for hydroxylation is 5. The van der Waals surface area contributed by atoms with E-state index < -0.39 is 0 Å². The van der Waals surface area contributed by atoms with E-state index in [1.165, 1.54) is 152 Å². The van der Waals surface area contributed by atoms with Gasteiger partial charge in [-0.2, -0.15) is 0 Å². The zero-order valence-corrected chi connectivity index (χ0v) is 27.5. The number of hydrogen-bond donors (Lipinski definition) is 0. The van der Waals surface area contributed by atoms with E-state index >= 15 is 0 Å². The third kappa shape index (κ3) is 2.37. The standard InChI is InChI=1S/C47H29N/c1-20-12-26-24-8-6-10-34-40(24)46-44-36(26)28(14-20)30-16-22(3)18-32-33-19-23(4)17-31-29-15-21(2)13-27-25-9-7-11-35(48(34)5)41(25)47(46)45(37(27)29)43(39(31)33)42(44)38(30)32/h6-19H,1-5H3. The molecule has 1 heteroatoms. The van der Waals surface area contributed by atoms with Crippen molar-refractivity contribution in [2.75, 3.05) is 0 Å². The van der Waals surface area contributed by atoms with Gasteiger partial charge in [0.1, 0.15) is 0 Å². The van der Waals surface area contributed by atoms with E-state index in [1.807, 2.05) is 0 Å². The third-order valence-corrected chi connectivity index (χ3v) is 12.4. The van der Waals surface area contributed by atoms with Crippen molar-refractivity contribution in [3.8, 4) is 0 Å². The monoisotopic (exact) mass is 607 g/mol. The average Bonchev–Trinajstić information content (AvgIpc) is 3.19. The zero-order chi connectivity index (χ0) is 31.6. The van der Waals surface area contributed by atoms with Gasteiger partial charge < -0.3 is 4.57 Å². The maximum Gasteiger partial charge on any atom is 0.0494 e. The fourth-order valence-electron chi connectivity index (χ4n) is 10.9. The largest absolute Gasteiger partial charge is 0.344 e. The van der Waals surface area contributed by atoms with Crippen molar-refractivity contribution < 1.29 is 0 Å². The van der Waals surface area contributed by atoms with Gasteiger partial charge >= 0.3 is 0 Å². The quantitative estimate of drug-likeness (QED) is 0.119. The van der Waals surface area contributed by atoms with Gasteiger partial charge in [-0.1, -0.05) is 72.8 Å². The summed E-state index contributed by atoms with van der Waals surface area (Å²) in [6.45, 7) is 9.13. The predicted octanol–water partition coefficient (Wildman–Crippen LogP) is 13.3. The van der Waals surface area contributed by atoms with Crippen molar-refractivity contribution in [2.24, 2.45) is 7.05 Å². The van der Waals surface area contributed by atoms with Crippen LogP contribution in [0.5, 0.6) is 0 Å². The van der Waals surface area contributed by atoms with Crippen LogP contribution in [0.25, 0.3) is 130 Å². The summed E-state index contributed by atoms with van der Waals surface area (Å²) in [5, 5.41) is 31.1. The third-order valence-electron chi connectivity index (χ3n) is 12.4. The van der Waals surface area contributed by atoms with Crippen LogP contribution in [0.1, 0.15) is 22.3 Å². The van der Waals surface area contributed by atoms with Crippen LogP contribution in [0.4, 0.5) is 0 Å². The van der Waals surface area contributed by atoms with Gasteiger partial charge in [0.2, 0.25) is 0 Å². The summed E-state index contributed by atoms with van der Waals surface area (Å²) in [5.41, 5.74) is 7.87. The highest BCUT2D eigenvalue weighted by molar-refractivity contribution is 6.59. The first-order valence-electron chi connectivity index (χ1n) is 17.3. The van der Waals surface area contributed by atoms with Crippen LogP contribution in [0.15, 0.2) is 84.9 Å². The van der Waals surface area contributed by atoms with E-state index in [9.17, 15) is 0 Å². The van der Waals surface area contributed by atoms with Gasteiger partial charge in [-0.3, -0.25) is 0 Å². The van der Waals surface area contributed by atoms with Gasteiger partial charge in [0.05, 0.1) is 0 Å². The van der Waals surface area contributed by atoms with Gasteiger partial charge in [0.15, 0.2) is 0 Å². The Hall–Kier alpha value is -5.66. The number of aromatic nitrogens is 1. The summed E-state index contributed by atoms with van der Waals surface area (Å²) in [5.74, 6) is 0. The Morgan fingerprint density at radius 2 is 0.542 bits per heavy atom. The second-order valence-corrected chi connectivity index (χ2v) is 15.1. The highest BCUT2D eigenvalue weighted by atomic mass is 14.9. The van der Waals surface area contributed by atoms with Gasteiger partial charge in [0, 0.05) is 50.4 Å². The van der Waals surface area contributed by atoms with E-state index in [4.69, 9.17) is 0 Å². The van der Waals surface area contributed by atoms with Crippen LogP contribution in [0.2, 0.25) is 0 Å². The molecule has 0 atom stereocenters. The molecule has 0 saturated heterocycles. The molecule has 13 rings (SSSR count). The van der Waals surface area contributed by atoms with Gasteiger partial charge in [-0.05, 0) is 148 Å². The molecule has 0 amide bonds. The Morgan fingerprint density at radius 1 is 0.292 bits per heavy atom. The Morgan fingerprint density at radius 3 is 0.833 bits per heavy atom. The molecule has 0 aliphatic heterocycles. The molecule has 1 heterocycles. The minimum Gasteiger partial charge on any atom is -0.344 e. The average molecular weight is 608 g/mol. The number of rotatable bonds is 0. The predicted molar refractivity (Wildman–Crippen MR) is 210 cm³/mol. The van der Waals surface area contributed by atoms with Gasteiger partial charge in [0.25, 0.3) is 0 Å². The molecule has 0 bridgehead atoms. The molecule has 0 fully saturated rings. The van der Waals surface area contributed by atoms with E-state index in [0.29, 0.717) is 0 Å². The highest BCUT2D eigenvalue weighted by Gasteiger charge is 2.31. The Balaban J connectivity index is 1.63. The maximum atomic E-state index is 2.48. The molecule has 0 spiro atoms. The van der Waals surface area contributed by atoms with Crippen molar-refractivity contribution in [3.63, 3.8) is 0 Å². The highest BCUT2D eigenvalue weighted by Crippen LogP contribution is 2.59. The molecule has 0 N–H and O–H groups in total. The lowest BCUT2D eigenvalue weighted by atomic mass is 9.74. The van der Waals surface area contributed by atoms with E-state index in [2.05, 4.69) is 124 Å². The lowest BCUT2D eigenvalue weighted by Gasteiger charge is -2.27. The number of hydrogen-bond acceptors (Lipinski definition) is 0. The topological polar surface area (TPSA) is 4.93 Å². The Labute approximate surface area is 275 Å². The molecular formula is C47H29N. The van der Waals surface area contributed by atoms with Crippen LogP contribution in [0.3, 0.4) is 0 Å². The van der Waals surface area contributed by atoms with Crippen LogP contribution in [-0.2, 0) is 7.05 Å². The molecule has 13 aromatic rings. The minimum atomic E-state index is 1.29.